The van der Waals surface area contributed by atoms with Gasteiger partial charge in [-0.2, -0.15) is 0 Å². The molecular weight excluding hydrogens is 304 g/mol. The Labute approximate surface area is 92.0 Å². The third-order valence-corrected chi connectivity index (χ3v) is 2.62. The molecule has 0 aliphatic rings. The minimum Gasteiger partial charge on any atom is -0.545 e. The van der Waals surface area contributed by atoms with E-state index >= 15 is 0 Å². The van der Waals surface area contributed by atoms with Crippen molar-refractivity contribution < 1.29 is 14.6 Å². The summed E-state index contributed by atoms with van der Waals surface area (Å²) in [6.07, 6.45) is 0. The molecule has 1 aromatic carbocycles. The average Bonchev–Trinajstić information content (AvgIpc) is 2.03. The Hall–Kier alpha value is -0.550. The molecule has 0 N–H and O–H groups in total. The van der Waals surface area contributed by atoms with Crippen molar-refractivity contribution in [3.63, 3.8) is 0 Å². The predicted molar refractivity (Wildman–Crippen MR) is 52.7 cm³/mol. The smallest absolute Gasteiger partial charge is 0.147 e. The van der Waals surface area contributed by atoms with Crippen LogP contribution in [-0.4, -0.2) is 13.1 Å². The molecule has 0 saturated carbocycles. The van der Waals surface area contributed by atoms with E-state index in [1.165, 1.54) is 19.2 Å². The largest absolute Gasteiger partial charge is 0.545 e. The number of ether oxygens (including phenoxy) is 1. The molecule has 0 bridgehead atoms. The third-order valence-electron chi connectivity index (χ3n) is 1.44. The maximum Gasteiger partial charge on any atom is 0.147 e. The van der Waals surface area contributed by atoms with Gasteiger partial charge >= 0.3 is 0 Å². The van der Waals surface area contributed by atoms with Crippen molar-refractivity contribution in [1.29, 1.82) is 0 Å². The Morgan fingerprint density at radius 2 is 1.85 bits per heavy atom. The van der Waals surface area contributed by atoms with E-state index in [1.807, 2.05) is 0 Å². The van der Waals surface area contributed by atoms with Crippen molar-refractivity contribution in [3.8, 4) is 5.75 Å². The molecule has 5 heteroatoms. The summed E-state index contributed by atoms with van der Waals surface area (Å²) in [7, 11) is 1.50. The molecule has 0 aliphatic heterocycles. The Morgan fingerprint density at radius 1 is 1.38 bits per heavy atom. The minimum absolute atomic E-state index is 0.0968. The number of aromatic carboxylic acids is 1. The van der Waals surface area contributed by atoms with Gasteiger partial charge in [0.15, 0.2) is 0 Å². The van der Waals surface area contributed by atoms with Crippen molar-refractivity contribution in [1.82, 2.24) is 0 Å². The summed E-state index contributed by atoms with van der Waals surface area (Å²) in [5, 5.41) is 10.5. The van der Waals surface area contributed by atoms with Crippen molar-refractivity contribution in [2.24, 2.45) is 0 Å². The molecule has 1 rings (SSSR count). The molecule has 0 aliphatic carbocycles. The maximum atomic E-state index is 10.5. The zero-order valence-corrected chi connectivity index (χ0v) is 9.81. The van der Waals surface area contributed by atoms with Gasteiger partial charge in [-0.3, -0.25) is 0 Å². The Morgan fingerprint density at radius 3 is 2.15 bits per heavy atom. The van der Waals surface area contributed by atoms with Gasteiger partial charge in [0.2, 0.25) is 0 Å². The van der Waals surface area contributed by atoms with Crippen LogP contribution < -0.4 is 9.84 Å². The highest BCUT2D eigenvalue weighted by molar-refractivity contribution is 9.11. The minimum atomic E-state index is -1.22. The summed E-state index contributed by atoms with van der Waals surface area (Å²) >= 11 is 6.36. The normalized spacial score (nSPS) is 9.77. The number of rotatable bonds is 2. The molecule has 0 saturated heterocycles. The lowest BCUT2D eigenvalue weighted by atomic mass is 10.2. The fourth-order valence-electron chi connectivity index (χ4n) is 0.873. The number of hydrogen-bond donors (Lipinski definition) is 0. The van der Waals surface area contributed by atoms with E-state index in [1.54, 1.807) is 0 Å². The van der Waals surface area contributed by atoms with Crippen LogP contribution in [0.1, 0.15) is 10.4 Å². The summed E-state index contributed by atoms with van der Waals surface area (Å²) in [6.45, 7) is 0. The first-order chi connectivity index (χ1) is 6.06. The zero-order chi connectivity index (χ0) is 10.0. The zero-order valence-electron chi connectivity index (χ0n) is 6.64. The molecule has 3 nitrogen and oxygen atoms in total. The number of carbonyl (C=O) groups is 1. The SMILES string of the molecule is COc1c(Br)cc(C(=O)[O-])cc1Br. The molecule has 0 heterocycles. The van der Waals surface area contributed by atoms with Crippen LogP contribution in [0.5, 0.6) is 5.75 Å². The molecule has 0 spiro atoms. The fourth-order valence-corrected chi connectivity index (χ4v) is 2.38. The van der Waals surface area contributed by atoms with Crippen molar-refractivity contribution in [2.45, 2.75) is 0 Å². The molecule has 1 aromatic rings. The molecule has 70 valence electrons. The Balaban J connectivity index is 3.28. The van der Waals surface area contributed by atoms with Crippen molar-refractivity contribution >= 4 is 37.8 Å². The van der Waals surface area contributed by atoms with Crippen LogP contribution in [0.3, 0.4) is 0 Å². The lowest BCUT2D eigenvalue weighted by molar-refractivity contribution is -0.255. The second kappa shape index (κ2) is 4.11. The maximum absolute atomic E-state index is 10.5. The van der Waals surface area contributed by atoms with E-state index < -0.39 is 5.97 Å². The fraction of sp³-hybridized carbons (Fsp3) is 0.125. The van der Waals surface area contributed by atoms with E-state index in [2.05, 4.69) is 31.9 Å². The summed E-state index contributed by atoms with van der Waals surface area (Å²) in [5.74, 6) is -0.658. The van der Waals surface area contributed by atoms with Crippen LogP contribution in [0.2, 0.25) is 0 Å². The number of carbonyl (C=O) groups excluding carboxylic acids is 1. The van der Waals surface area contributed by atoms with Crippen LogP contribution in [0.15, 0.2) is 21.1 Å². The monoisotopic (exact) mass is 307 g/mol. The molecule has 13 heavy (non-hydrogen) atoms. The highest BCUT2D eigenvalue weighted by Gasteiger charge is 2.07. The predicted octanol–water partition coefficient (Wildman–Crippen LogP) is 1.58. The standard InChI is InChI=1S/C8H6Br2O3/c1-13-7-5(9)2-4(8(11)12)3-6(7)10/h2-3H,1H3,(H,11,12)/p-1. The summed E-state index contributed by atoms with van der Waals surface area (Å²) in [4.78, 5) is 10.5. The third kappa shape index (κ3) is 2.22. The molecule has 0 unspecified atom stereocenters. The van der Waals surface area contributed by atoms with Crippen LogP contribution in [-0.2, 0) is 0 Å². The van der Waals surface area contributed by atoms with E-state index in [9.17, 15) is 9.90 Å². The topological polar surface area (TPSA) is 49.4 Å². The van der Waals surface area contributed by atoms with Crippen LogP contribution >= 0.6 is 31.9 Å². The van der Waals surface area contributed by atoms with E-state index in [-0.39, 0.29) is 5.56 Å². The first kappa shape index (κ1) is 10.5. The number of carboxylic acids is 1. The highest BCUT2D eigenvalue weighted by atomic mass is 79.9. The quantitative estimate of drug-likeness (QED) is 0.833. The van der Waals surface area contributed by atoms with Crippen LogP contribution in [0.25, 0.3) is 0 Å². The first-order valence-electron chi connectivity index (χ1n) is 3.30. The van der Waals surface area contributed by atoms with Gasteiger partial charge in [-0.15, -0.1) is 0 Å². The summed E-state index contributed by atoms with van der Waals surface area (Å²) < 4.78 is 6.15. The summed E-state index contributed by atoms with van der Waals surface area (Å²) in [5.41, 5.74) is 0.0968. The van der Waals surface area contributed by atoms with Gasteiger partial charge in [0, 0.05) is 0 Å². The number of methoxy groups -OCH3 is 1. The van der Waals surface area contributed by atoms with E-state index in [0.717, 1.165) is 0 Å². The Bertz CT molecular complexity index is 326. The molecular formula is C8H5Br2O3-. The number of benzene rings is 1. The van der Waals surface area contributed by atoms with Gasteiger partial charge in [0.25, 0.3) is 0 Å². The average molecular weight is 309 g/mol. The lowest BCUT2D eigenvalue weighted by Crippen LogP contribution is -2.22. The second-order valence-corrected chi connectivity index (χ2v) is 3.97. The Kier molecular flexibility index (Phi) is 3.33. The molecule has 0 atom stereocenters. The lowest BCUT2D eigenvalue weighted by Gasteiger charge is -2.09. The van der Waals surface area contributed by atoms with Gasteiger partial charge in [-0.25, -0.2) is 0 Å². The second-order valence-electron chi connectivity index (χ2n) is 2.26. The van der Waals surface area contributed by atoms with Crippen molar-refractivity contribution in [3.05, 3.63) is 26.6 Å². The summed E-state index contributed by atoms with van der Waals surface area (Å²) in [6, 6.07) is 2.86. The molecule has 0 aromatic heterocycles. The number of carboxylic acid groups (broad SMARTS) is 1. The first-order valence-corrected chi connectivity index (χ1v) is 4.89. The van der Waals surface area contributed by atoms with Crippen LogP contribution in [0.4, 0.5) is 0 Å². The van der Waals surface area contributed by atoms with E-state index in [4.69, 9.17) is 4.74 Å². The van der Waals surface area contributed by atoms with Gasteiger partial charge in [0.1, 0.15) is 5.75 Å². The van der Waals surface area contributed by atoms with Crippen molar-refractivity contribution in [2.75, 3.05) is 7.11 Å². The van der Waals surface area contributed by atoms with Gasteiger partial charge in [0.05, 0.1) is 22.0 Å². The van der Waals surface area contributed by atoms with Gasteiger partial charge < -0.3 is 14.6 Å². The number of halogens is 2. The number of hydrogen-bond acceptors (Lipinski definition) is 3. The van der Waals surface area contributed by atoms with Gasteiger partial charge in [-0.1, -0.05) is 0 Å². The van der Waals surface area contributed by atoms with Gasteiger partial charge in [-0.05, 0) is 49.6 Å². The van der Waals surface area contributed by atoms with Crippen LogP contribution in [0, 0.1) is 0 Å². The molecule has 0 radical (unpaired) electrons. The molecule has 0 fully saturated rings. The molecule has 0 amide bonds. The van der Waals surface area contributed by atoms with E-state index in [0.29, 0.717) is 14.7 Å². The highest BCUT2D eigenvalue weighted by Crippen LogP contribution is 2.34.